The number of unbranched alkanes of at least 4 members (excludes halogenated alkanes) is 9. The number of carboxylic acid groups (broad SMARTS) is 1. The molecular weight excluding hydrogens is 276 g/mol. The molecular formula is C19H36O3. The van der Waals surface area contributed by atoms with E-state index in [1.54, 1.807) is 0 Å². The lowest BCUT2D eigenvalue weighted by atomic mass is 9.87. The molecule has 1 rings (SSSR count). The molecule has 0 heterocycles. The van der Waals surface area contributed by atoms with Gasteiger partial charge in [0.15, 0.2) is 0 Å². The van der Waals surface area contributed by atoms with E-state index in [1.807, 2.05) is 0 Å². The predicted molar refractivity (Wildman–Crippen MR) is 91.2 cm³/mol. The fourth-order valence-electron chi connectivity index (χ4n) is 3.32. The van der Waals surface area contributed by atoms with Gasteiger partial charge in [0.05, 0.1) is 12.0 Å². The number of carboxylic acids is 1. The van der Waals surface area contributed by atoms with E-state index in [0.29, 0.717) is 6.10 Å². The number of ether oxygens (including phenoxy) is 1. The standard InChI is InChI=1S/C19H36O3/c1-2-3-4-5-6-7-8-9-10-11-16-22-18-14-12-17(13-15-18)19(20)21/h17-18H,2-16H2,1H3,(H,20,21). The Morgan fingerprint density at radius 2 is 1.36 bits per heavy atom. The highest BCUT2D eigenvalue weighted by Gasteiger charge is 2.25. The second kappa shape index (κ2) is 12.9. The molecule has 22 heavy (non-hydrogen) atoms. The van der Waals surface area contributed by atoms with E-state index in [1.165, 1.54) is 57.8 Å². The summed E-state index contributed by atoms with van der Waals surface area (Å²) in [6.45, 7) is 3.12. The molecule has 0 atom stereocenters. The lowest BCUT2D eigenvalue weighted by molar-refractivity contribution is -0.143. The highest BCUT2D eigenvalue weighted by Crippen LogP contribution is 2.26. The second-order valence-electron chi connectivity index (χ2n) is 6.86. The van der Waals surface area contributed by atoms with Crippen LogP contribution in [0.4, 0.5) is 0 Å². The summed E-state index contributed by atoms with van der Waals surface area (Å²) >= 11 is 0. The number of aliphatic carboxylic acids is 1. The largest absolute Gasteiger partial charge is 0.481 e. The lowest BCUT2D eigenvalue weighted by Gasteiger charge is -2.26. The van der Waals surface area contributed by atoms with Gasteiger partial charge in [-0.2, -0.15) is 0 Å². The maximum absolute atomic E-state index is 10.9. The third-order valence-electron chi connectivity index (χ3n) is 4.87. The van der Waals surface area contributed by atoms with Crippen molar-refractivity contribution in [3.63, 3.8) is 0 Å². The van der Waals surface area contributed by atoms with E-state index < -0.39 is 5.97 Å². The molecule has 1 N–H and O–H groups in total. The van der Waals surface area contributed by atoms with E-state index in [2.05, 4.69) is 6.92 Å². The molecule has 0 aromatic heterocycles. The summed E-state index contributed by atoms with van der Waals surface area (Å²) in [5.74, 6) is -0.759. The Morgan fingerprint density at radius 3 is 1.86 bits per heavy atom. The highest BCUT2D eigenvalue weighted by molar-refractivity contribution is 5.70. The zero-order chi connectivity index (χ0) is 16.0. The van der Waals surface area contributed by atoms with Crippen LogP contribution >= 0.6 is 0 Å². The third kappa shape index (κ3) is 9.45. The summed E-state index contributed by atoms with van der Waals surface area (Å²) < 4.78 is 5.89. The van der Waals surface area contributed by atoms with Crippen molar-refractivity contribution in [2.75, 3.05) is 6.61 Å². The number of carbonyl (C=O) groups is 1. The highest BCUT2D eigenvalue weighted by atomic mass is 16.5. The van der Waals surface area contributed by atoms with Crippen molar-refractivity contribution in [1.29, 1.82) is 0 Å². The quantitative estimate of drug-likeness (QED) is 0.452. The number of rotatable bonds is 13. The van der Waals surface area contributed by atoms with Crippen LogP contribution in [0.15, 0.2) is 0 Å². The SMILES string of the molecule is CCCCCCCCCCCCOC1CCC(C(=O)O)CC1. The first kappa shape index (κ1) is 19.5. The smallest absolute Gasteiger partial charge is 0.306 e. The summed E-state index contributed by atoms with van der Waals surface area (Å²) in [4.78, 5) is 10.9. The first-order valence-corrected chi connectivity index (χ1v) is 9.58. The van der Waals surface area contributed by atoms with Gasteiger partial charge < -0.3 is 9.84 Å². The fraction of sp³-hybridized carbons (Fsp3) is 0.947. The molecule has 0 unspecified atom stereocenters. The third-order valence-corrected chi connectivity index (χ3v) is 4.87. The van der Waals surface area contributed by atoms with E-state index >= 15 is 0 Å². The molecule has 0 saturated heterocycles. The monoisotopic (exact) mass is 312 g/mol. The van der Waals surface area contributed by atoms with Crippen LogP contribution in [0, 0.1) is 5.92 Å². The Bertz CT molecular complexity index is 270. The van der Waals surface area contributed by atoms with Crippen LogP contribution in [0.2, 0.25) is 0 Å². The minimum Gasteiger partial charge on any atom is -0.481 e. The molecule has 1 fully saturated rings. The van der Waals surface area contributed by atoms with Crippen LogP contribution in [0.5, 0.6) is 0 Å². The summed E-state index contributed by atoms with van der Waals surface area (Å²) in [6.07, 6.45) is 17.2. The van der Waals surface area contributed by atoms with Crippen LogP contribution < -0.4 is 0 Å². The first-order valence-electron chi connectivity index (χ1n) is 9.58. The van der Waals surface area contributed by atoms with Gasteiger partial charge >= 0.3 is 5.97 Å². The molecule has 0 radical (unpaired) electrons. The van der Waals surface area contributed by atoms with Crippen LogP contribution in [0.3, 0.4) is 0 Å². The Hall–Kier alpha value is -0.570. The van der Waals surface area contributed by atoms with E-state index in [-0.39, 0.29) is 5.92 Å². The Balaban J connectivity index is 1.81. The molecule has 1 saturated carbocycles. The Kier molecular flexibility index (Phi) is 11.4. The molecule has 3 heteroatoms. The van der Waals surface area contributed by atoms with Gasteiger partial charge in [-0.05, 0) is 32.1 Å². The van der Waals surface area contributed by atoms with Gasteiger partial charge in [0.2, 0.25) is 0 Å². The average molecular weight is 312 g/mol. The summed E-state index contributed by atoms with van der Waals surface area (Å²) in [5.41, 5.74) is 0. The number of hydrogen-bond donors (Lipinski definition) is 1. The van der Waals surface area contributed by atoms with Crippen molar-refractivity contribution >= 4 is 5.97 Å². The maximum atomic E-state index is 10.9. The Labute approximate surface area is 136 Å². The topological polar surface area (TPSA) is 46.5 Å². The molecule has 0 bridgehead atoms. The Morgan fingerprint density at radius 1 is 0.864 bits per heavy atom. The fourth-order valence-corrected chi connectivity index (χ4v) is 3.32. The molecule has 0 aromatic carbocycles. The van der Waals surface area contributed by atoms with Crippen molar-refractivity contribution in [3.8, 4) is 0 Å². The molecule has 3 nitrogen and oxygen atoms in total. The van der Waals surface area contributed by atoms with Crippen LogP contribution in [0.1, 0.15) is 96.8 Å². The molecule has 0 aromatic rings. The van der Waals surface area contributed by atoms with Gasteiger partial charge in [-0.25, -0.2) is 0 Å². The van der Waals surface area contributed by atoms with Crippen molar-refractivity contribution < 1.29 is 14.6 Å². The van der Waals surface area contributed by atoms with Crippen LogP contribution in [-0.2, 0) is 9.53 Å². The van der Waals surface area contributed by atoms with Gasteiger partial charge in [0, 0.05) is 6.61 Å². The minimum absolute atomic E-state index is 0.128. The van der Waals surface area contributed by atoms with Gasteiger partial charge in [-0.15, -0.1) is 0 Å². The summed E-state index contributed by atoms with van der Waals surface area (Å²) in [7, 11) is 0. The normalized spacial score (nSPS) is 21.9. The molecule has 1 aliphatic carbocycles. The molecule has 130 valence electrons. The van der Waals surface area contributed by atoms with Crippen molar-refractivity contribution in [2.45, 2.75) is 103 Å². The van der Waals surface area contributed by atoms with Crippen LogP contribution in [0.25, 0.3) is 0 Å². The zero-order valence-electron chi connectivity index (χ0n) is 14.5. The van der Waals surface area contributed by atoms with E-state index in [0.717, 1.165) is 38.7 Å². The van der Waals surface area contributed by atoms with Crippen molar-refractivity contribution in [1.82, 2.24) is 0 Å². The van der Waals surface area contributed by atoms with Crippen molar-refractivity contribution in [2.24, 2.45) is 5.92 Å². The first-order chi connectivity index (χ1) is 10.7. The lowest BCUT2D eigenvalue weighted by Crippen LogP contribution is -2.26. The van der Waals surface area contributed by atoms with Gasteiger partial charge in [-0.3, -0.25) is 4.79 Å². The van der Waals surface area contributed by atoms with Gasteiger partial charge in [0.25, 0.3) is 0 Å². The maximum Gasteiger partial charge on any atom is 0.306 e. The molecule has 1 aliphatic rings. The van der Waals surface area contributed by atoms with E-state index in [4.69, 9.17) is 9.84 Å². The second-order valence-corrected chi connectivity index (χ2v) is 6.86. The van der Waals surface area contributed by atoms with Crippen LogP contribution in [-0.4, -0.2) is 23.8 Å². The average Bonchev–Trinajstić information content (AvgIpc) is 2.53. The van der Waals surface area contributed by atoms with Crippen molar-refractivity contribution in [3.05, 3.63) is 0 Å². The summed E-state index contributed by atoms with van der Waals surface area (Å²) in [6, 6.07) is 0. The molecule has 0 amide bonds. The predicted octanol–water partition coefficient (Wildman–Crippen LogP) is 5.57. The minimum atomic E-state index is -0.631. The van der Waals surface area contributed by atoms with E-state index in [9.17, 15) is 4.79 Å². The molecule has 0 aliphatic heterocycles. The van der Waals surface area contributed by atoms with Gasteiger partial charge in [-0.1, -0.05) is 64.7 Å². The zero-order valence-corrected chi connectivity index (χ0v) is 14.5. The summed E-state index contributed by atoms with van der Waals surface area (Å²) in [5, 5.41) is 8.96. The number of hydrogen-bond acceptors (Lipinski definition) is 2. The molecule has 0 spiro atoms. The van der Waals surface area contributed by atoms with Gasteiger partial charge in [0.1, 0.15) is 0 Å².